The SMILES string of the molecule is Cc1nc(=O)[nH]c(C)c1CCC(=O)N[C@H]1COc2ccccc21. The first-order valence-corrected chi connectivity index (χ1v) is 7.62. The summed E-state index contributed by atoms with van der Waals surface area (Å²) in [5.74, 6) is 0.787. The number of fused-ring (bicyclic) bond motifs is 1. The van der Waals surface area contributed by atoms with Gasteiger partial charge in [-0.05, 0) is 31.9 Å². The molecule has 1 aliphatic heterocycles. The molecular weight excluding hydrogens is 294 g/mol. The number of benzene rings is 1. The average molecular weight is 313 g/mol. The van der Waals surface area contributed by atoms with Gasteiger partial charge in [-0.25, -0.2) is 4.79 Å². The Morgan fingerprint density at radius 2 is 2.17 bits per heavy atom. The van der Waals surface area contributed by atoms with Crippen molar-refractivity contribution in [3.63, 3.8) is 0 Å². The second kappa shape index (κ2) is 6.24. The lowest BCUT2D eigenvalue weighted by atomic mass is 10.1. The van der Waals surface area contributed by atoms with Crippen molar-refractivity contribution in [1.29, 1.82) is 0 Å². The molecule has 0 radical (unpaired) electrons. The van der Waals surface area contributed by atoms with Crippen LogP contribution in [0.15, 0.2) is 29.1 Å². The van der Waals surface area contributed by atoms with Crippen LogP contribution in [0.4, 0.5) is 0 Å². The van der Waals surface area contributed by atoms with Gasteiger partial charge in [0.25, 0.3) is 0 Å². The molecule has 6 heteroatoms. The number of amides is 1. The molecule has 2 heterocycles. The Morgan fingerprint density at radius 1 is 1.39 bits per heavy atom. The van der Waals surface area contributed by atoms with Gasteiger partial charge in [0.1, 0.15) is 12.4 Å². The van der Waals surface area contributed by atoms with Gasteiger partial charge in [0, 0.05) is 23.4 Å². The minimum Gasteiger partial charge on any atom is -0.491 e. The monoisotopic (exact) mass is 313 g/mol. The predicted molar refractivity (Wildman–Crippen MR) is 85.5 cm³/mol. The second-order valence-corrected chi connectivity index (χ2v) is 5.70. The van der Waals surface area contributed by atoms with E-state index < -0.39 is 0 Å². The van der Waals surface area contributed by atoms with E-state index >= 15 is 0 Å². The van der Waals surface area contributed by atoms with Crippen LogP contribution in [0.25, 0.3) is 0 Å². The van der Waals surface area contributed by atoms with Crippen molar-refractivity contribution < 1.29 is 9.53 Å². The molecule has 120 valence electrons. The van der Waals surface area contributed by atoms with Gasteiger partial charge in [0.05, 0.1) is 6.04 Å². The molecular formula is C17H19N3O3. The fourth-order valence-corrected chi connectivity index (χ4v) is 2.91. The summed E-state index contributed by atoms with van der Waals surface area (Å²) in [6.45, 7) is 4.07. The fourth-order valence-electron chi connectivity index (χ4n) is 2.91. The summed E-state index contributed by atoms with van der Waals surface area (Å²) in [5, 5.41) is 3.00. The van der Waals surface area contributed by atoms with E-state index in [2.05, 4.69) is 15.3 Å². The molecule has 1 aromatic heterocycles. The second-order valence-electron chi connectivity index (χ2n) is 5.70. The minimum absolute atomic E-state index is 0.0414. The van der Waals surface area contributed by atoms with Crippen molar-refractivity contribution in [3.8, 4) is 5.75 Å². The van der Waals surface area contributed by atoms with Gasteiger partial charge in [0.15, 0.2) is 0 Å². The van der Waals surface area contributed by atoms with Crippen molar-refractivity contribution in [3.05, 3.63) is 57.3 Å². The topological polar surface area (TPSA) is 84.1 Å². The molecule has 0 saturated carbocycles. The number of carbonyl (C=O) groups excluding carboxylic acids is 1. The fraction of sp³-hybridized carbons (Fsp3) is 0.353. The molecule has 0 bridgehead atoms. The summed E-state index contributed by atoms with van der Waals surface area (Å²) >= 11 is 0. The number of carbonyl (C=O) groups is 1. The van der Waals surface area contributed by atoms with Gasteiger partial charge in [-0.15, -0.1) is 0 Å². The summed E-state index contributed by atoms with van der Waals surface area (Å²) in [7, 11) is 0. The molecule has 2 N–H and O–H groups in total. The number of ether oxygens (including phenoxy) is 1. The third kappa shape index (κ3) is 3.26. The van der Waals surface area contributed by atoms with E-state index in [4.69, 9.17) is 4.74 Å². The number of rotatable bonds is 4. The van der Waals surface area contributed by atoms with Crippen LogP contribution in [-0.4, -0.2) is 22.5 Å². The quantitative estimate of drug-likeness (QED) is 0.897. The lowest BCUT2D eigenvalue weighted by Gasteiger charge is -2.12. The number of aromatic amines is 1. The zero-order valence-corrected chi connectivity index (χ0v) is 13.2. The van der Waals surface area contributed by atoms with Crippen molar-refractivity contribution in [2.75, 3.05) is 6.61 Å². The predicted octanol–water partition coefficient (Wildman–Crippen LogP) is 1.57. The van der Waals surface area contributed by atoms with Gasteiger partial charge >= 0.3 is 5.69 Å². The first-order chi connectivity index (χ1) is 11.0. The number of hydrogen-bond donors (Lipinski definition) is 2. The lowest BCUT2D eigenvalue weighted by molar-refractivity contribution is -0.121. The first kappa shape index (κ1) is 15.3. The van der Waals surface area contributed by atoms with Crippen molar-refractivity contribution in [1.82, 2.24) is 15.3 Å². The maximum atomic E-state index is 12.2. The number of hydrogen-bond acceptors (Lipinski definition) is 4. The van der Waals surface area contributed by atoms with Crippen LogP contribution in [0, 0.1) is 13.8 Å². The molecule has 1 aromatic carbocycles. The van der Waals surface area contributed by atoms with E-state index in [1.807, 2.05) is 31.2 Å². The number of para-hydroxylation sites is 1. The highest BCUT2D eigenvalue weighted by molar-refractivity contribution is 5.77. The summed E-state index contributed by atoms with van der Waals surface area (Å²) in [6, 6.07) is 7.62. The van der Waals surface area contributed by atoms with Crippen LogP contribution < -0.4 is 15.7 Å². The molecule has 23 heavy (non-hydrogen) atoms. The normalized spacial score (nSPS) is 15.8. The summed E-state index contributed by atoms with van der Waals surface area (Å²) in [6.07, 6.45) is 0.885. The van der Waals surface area contributed by atoms with Crippen LogP contribution >= 0.6 is 0 Å². The van der Waals surface area contributed by atoms with Gasteiger partial charge in [-0.1, -0.05) is 18.2 Å². The molecule has 2 aromatic rings. The van der Waals surface area contributed by atoms with E-state index in [1.165, 1.54) is 0 Å². The van der Waals surface area contributed by atoms with E-state index in [0.29, 0.717) is 25.1 Å². The van der Waals surface area contributed by atoms with Crippen LogP contribution in [0.2, 0.25) is 0 Å². The van der Waals surface area contributed by atoms with Crippen LogP contribution in [0.5, 0.6) is 5.75 Å². The zero-order chi connectivity index (χ0) is 16.4. The van der Waals surface area contributed by atoms with Gasteiger partial charge < -0.3 is 15.0 Å². The summed E-state index contributed by atoms with van der Waals surface area (Å²) in [5.41, 5.74) is 3.02. The maximum absolute atomic E-state index is 12.2. The number of nitrogens with zero attached hydrogens (tertiary/aromatic N) is 1. The van der Waals surface area contributed by atoms with Crippen molar-refractivity contribution in [2.45, 2.75) is 32.7 Å². The number of aryl methyl sites for hydroxylation is 2. The van der Waals surface area contributed by atoms with Gasteiger partial charge in [0.2, 0.25) is 5.91 Å². The lowest BCUT2D eigenvalue weighted by Crippen LogP contribution is -2.29. The Labute approximate surface area is 133 Å². The first-order valence-electron chi connectivity index (χ1n) is 7.62. The summed E-state index contributed by atoms with van der Waals surface area (Å²) in [4.78, 5) is 30.1. The minimum atomic E-state index is -0.354. The van der Waals surface area contributed by atoms with E-state index in [1.54, 1.807) is 6.92 Å². The van der Waals surface area contributed by atoms with E-state index in [-0.39, 0.29) is 17.6 Å². The maximum Gasteiger partial charge on any atom is 0.345 e. The average Bonchev–Trinajstić information content (AvgIpc) is 2.89. The Balaban J connectivity index is 1.62. The van der Waals surface area contributed by atoms with E-state index in [0.717, 1.165) is 22.6 Å². The van der Waals surface area contributed by atoms with Crippen LogP contribution in [0.3, 0.4) is 0 Å². The molecule has 0 aliphatic carbocycles. The number of aromatic nitrogens is 2. The largest absolute Gasteiger partial charge is 0.491 e. The van der Waals surface area contributed by atoms with Crippen molar-refractivity contribution in [2.24, 2.45) is 0 Å². The highest BCUT2D eigenvalue weighted by atomic mass is 16.5. The smallest absolute Gasteiger partial charge is 0.345 e. The van der Waals surface area contributed by atoms with Crippen molar-refractivity contribution >= 4 is 5.91 Å². The Kier molecular flexibility index (Phi) is 4.14. The molecule has 0 unspecified atom stereocenters. The molecule has 1 amide bonds. The zero-order valence-electron chi connectivity index (χ0n) is 13.2. The van der Waals surface area contributed by atoms with Gasteiger partial charge in [-0.2, -0.15) is 4.98 Å². The highest BCUT2D eigenvalue weighted by Crippen LogP contribution is 2.31. The molecule has 1 aliphatic rings. The van der Waals surface area contributed by atoms with Crippen LogP contribution in [-0.2, 0) is 11.2 Å². The van der Waals surface area contributed by atoms with Gasteiger partial charge in [-0.3, -0.25) is 4.79 Å². The highest BCUT2D eigenvalue weighted by Gasteiger charge is 2.24. The number of H-pyrrole nitrogens is 1. The number of nitrogens with one attached hydrogen (secondary N) is 2. The van der Waals surface area contributed by atoms with Crippen LogP contribution in [0.1, 0.15) is 35.0 Å². The molecule has 0 fully saturated rings. The third-order valence-corrected chi connectivity index (χ3v) is 4.09. The Morgan fingerprint density at radius 3 is 2.96 bits per heavy atom. The third-order valence-electron chi connectivity index (χ3n) is 4.09. The molecule has 0 spiro atoms. The molecule has 0 saturated heterocycles. The van der Waals surface area contributed by atoms with E-state index in [9.17, 15) is 9.59 Å². The standard InChI is InChI=1S/C17H19N3O3/c1-10-12(11(2)19-17(22)18-10)7-8-16(21)20-14-9-23-15-6-4-3-5-13(14)15/h3-6,14H,7-9H2,1-2H3,(H,20,21)(H,18,19,22)/t14-/m0/s1. The Hall–Kier alpha value is -2.63. The summed E-state index contributed by atoms with van der Waals surface area (Å²) < 4.78 is 5.56. The Bertz CT molecular complexity index is 772. The molecule has 3 rings (SSSR count). The molecule has 6 nitrogen and oxygen atoms in total. The molecule has 1 atom stereocenters.